The second-order valence-corrected chi connectivity index (χ2v) is 4.23. The predicted molar refractivity (Wildman–Crippen MR) is 71.4 cm³/mol. The third kappa shape index (κ3) is 3.13. The van der Waals surface area contributed by atoms with Gasteiger partial charge in [0.2, 0.25) is 5.88 Å². The van der Waals surface area contributed by atoms with Crippen molar-refractivity contribution in [3.8, 4) is 0 Å². The minimum Gasteiger partial charge on any atom is -0.468 e. The number of ether oxygens (including phenoxy) is 1. The number of anilines is 2. The van der Waals surface area contributed by atoms with Gasteiger partial charge in [-0.25, -0.2) is 0 Å². The first-order valence-corrected chi connectivity index (χ1v) is 6.05. The van der Waals surface area contributed by atoms with Crippen molar-refractivity contribution >= 4 is 18.0 Å². The van der Waals surface area contributed by atoms with Gasteiger partial charge in [-0.15, -0.1) is 0 Å². The summed E-state index contributed by atoms with van der Waals surface area (Å²) >= 11 is 0. The van der Waals surface area contributed by atoms with Gasteiger partial charge in [0, 0.05) is 17.7 Å². The van der Waals surface area contributed by atoms with Gasteiger partial charge < -0.3 is 14.6 Å². The molecule has 0 radical (unpaired) electrons. The number of carbonyl (C=O) groups excluding carboxylic acids is 1. The Morgan fingerprint density at radius 3 is 2.89 bits per heavy atom. The number of aryl methyl sites for hydroxylation is 2. The van der Waals surface area contributed by atoms with Crippen LogP contribution in [0.2, 0.25) is 0 Å². The van der Waals surface area contributed by atoms with Crippen molar-refractivity contribution in [3.63, 3.8) is 0 Å². The van der Waals surface area contributed by atoms with E-state index in [1.165, 1.54) is 0 Å². The van der Waals surface area contributed by atoms with Crippen LogP contribution in [0.1, 0.15) is 16.8 Å². The van der Waals surface area contributed by atoms with E-state index in [2.05, 4.69) is 10.5 Å². The van der Waals surface area contributed by atoms with E-state index in [1.54, 1.807) is 0 Å². The molecule has 1 aromatic carbocycles. The van der Waals surface area contributed by atoms with Crippen LogP contribution in [-0.2, 0) is 16.0 Å². The van der Waals surface area contributed by atoms with Crippen molar-refractivity contribution in [2.75, 3.05) is 11.9 Å². The lowest BCUT2D eigenvalue weighted by Gasteiger charge is -2.07. The summed E-state index contributed by atoms with van der Waals surface area (Å²) in [6.07, 6.45) is 0.572. The van der Waals surface area contributed by atoms with Gasteiger partial charge in [-0.05, 0) is 25.5 Å². The highest BCUT2D eigenvalue weighted by atomic mass is 16.5. The Kier molecular flexibility index (Phi) is 4.18. The van der Waals surface area contributed by atoms with E-state index in [0.717, 1.165) is 22.5 Å². The second kappa shape index (κ2) is 6.04. The molecule has 1 heterocycles. The fourth-order valence-electron chi connectivity index (χ4n) is 1.83. The molecule has 2 rings (SSSR count). The first-order valence-electron chi connectivity index (χ1n) is 6.05. The topological polar surface area (TPSA) is 64.4 Å². The summed E-state index contributed by atoms with van der Waals surface area (Å²) in [7, 11) is 0. The maximum Gasteiger partial charge on any atom is 0.293 e. The molecule has 1 N–H and O–H groups in total. The van der Waals surface area contributed by atoms with Crippen LogP contribution in [0.5, 0.6) is 0 Å². The van der Waals surface area contributed by atoms with Gasteiger partial charge in [-0.1, -0.05) is 23.4 Å². The van der Waals surface area contributed by atoms with Crippen LogP contribution < -0.4 is 5.32 Å². The number of rotatable bonds is 6. The molecule has 0 spiro atoms. The number of benzene rings is 1. The minimum absolute atomic E-state index is 0.313. The van der Waals surface area contributed by atoms with Gasteiger partial charge in [0.15, 0.2) is 0 Å². The molecule has 2 aromatic rings. The standard InChI is InChI=1S/C14H16N2O3/c1-10-5-3-4-6-13(10)15-14-12(7-8-18-9-17)11(2)16-19-14/h3-6,9,15H,7-8H2,1-2H3. The van der Waals surface area contributed by atoms with Crippen molar-refractivity contribution in [1.29, 1.82) is 0 Å². The van der Waals surface area contributed by atoms with E-state index in [-0.39, 0.29) is 0 Å². The fourth-order valence-corrected chi connectivity index (χ4v) is 1.83. The summed E-state index contributed by atoms with van der Waals surface area (Å²) < 4.78 is 9.99. The van der Waals surface area contributed by atoms with E-state index in [0.29, 0.717) is 25.4 Å². The lowest BCUT2D eigenvalue weighted by atomic mass is 10.1. The van der Waals surface area contributed by atoms with Crippen LogP contribution in [0.15, 0.2) is 28.8 Å². The Hall–Kier alpha value is -2.30. The molecule has 5 nitrogen and oxygen atoms in total. The van der Waals surface area contributed by atoms with Crippen LogP contribution in [0, 0.1) is 13.8 Å². The van der Waals surface area contributed by atoms with E-state index >= 15 is 0 Å². The SMILES string of the molecule is Cc1ccccc1Nc1onc(C)c1CCOC=O. The molecule has 1 aromatic heterocycles. The van der Waals surface area contributed by atoms with Crippen LogP contribution >= 0.6 is 0 Å². The zero-order valence-electron chi connectivity index (χ0n) is 11.0. The molecular weight excluding hydrogens is 244 g/mol. The normalized spacial score (nSPS) is 10.2. The summed E-state index contributed by atoms with van der Waals surface area (Å²) in [5, 5.41) is 7.16. The maximum absolute atomic E-state index is 10.2. The number of aromatic nitrogens is 1. The summed E-state index contributed by atoms with van der Waals surface area (Å²) in [5.74, 6) is 0.598. The quantitative estimate of drug-likeness (QED) is 0.639. The van der Waals surface area contributed by atoms with Crippen molar-refractivity contribution < 1.29 is 14.1 Å². The number of nitrogens with zero attached hydrogens (tertiary/aromatic N) is 1. The molecule has 100 valence electrons. The molecule has 0 bridgehead atoms. The van der Waals surface area contributed by atoms with Gasteiger partial charge in [0.1, 0.15) is 0 Å². The third-order valence-corrected chi connectivity index (χ3v) is 2.92. The van der Waals surface area contributed by atoms with Crippen molar-refractivity contribution in [2.24, 2.45) is 0 Å². The lowest BCUT2D eigenvalue weighted by molar-refractivity contribution is -0.128. The summed E-state index contributed by atoms with van der Waals surface area (Å²) in [5.41, 5.74) is 3.80. The molecule has 0 unspecified atom stereocenters. The number of nitrogens with one attached hydrogen (secondary N) is 1. The maximum atomic E-state index is 10.2. The number of carbonyl (C=O) groups is 1. The molecular formula is C14H16N2O3. The van der Waals surface area contributed by atoms with Gasteiger partial charge >= 0.3 is 0 Å². The van der Waals surface area contributed by atoms with Gasteiger partial charge in [-0.2, -0.15) is 0 Å². The second-order valence-electron chi connectivity index (χ2n) is 4.23. The zero-order valence-corrected chi connectivity index (χ0v) is 11.0. The van der Waals surface area contributed by atoms with Crippen LogP contribution in [0.25, 0.3) is 0 Å². The molecule has 0 saturated carbocycles. The Balaban J connectivity index is 2.16. The zero-order chi connectivity index (χ0) is 13.7. The molecule has 5 heteroatoms. The molecule has 19 heavy (non-hydrogen) atoms. The third-order valence-electron chi connectivity index (χ3n) is 2.92. The average Bonchev–Trinajstić information content (AvgIpc) is 2.74. The van der Waals surface area contributed by atoms with E-state index in [1.807, 2.05) is 38.1 Å². The van der Waals surface area contributed by atoms with Gasteiger partial charge in [0.25, 0.3) is 6.47 Å². The molecule has 0 amide bonds. The molecule has 0 atom stereocenters. The first-order chi connectivity index (χ1) is 9.22. The van der Waals surface area contributed by atoms with Crippen molar-refractivity contribution in [1.82, 2.24) is 5.16 Å². The van der Waals surface area contributed by atoms with Crippen LogP contribution in [-0.4, -0.2) is 18.2 Å². The number of hydrogen-bond acceptors (Lipinski definition) is 5. The fraction of sp³-hybridized carbons (Fsp3) is 0.286. The lowest BCUT2D eigenvalue weighted by Crippen LogP contribution is -2.01. The molecule has 0 aliphatic carbocycles. The highest BCUT2D eigenvalue weighted by molar-refractivity contribution is 5.61. The van der Waals surface area contributed by atoms with Crippen LogP contribution in [0.3, 0.4) is 0 Å². The van der Waals surface area contributed by atoms with E-state index in [4.69, 9.17) is 9.26 Å². The molecule has 0 aliphatic rings. The summed E-state index contributed by atoms with van der Waals surface area (Å²) in [6, 6.07) is 7.92. The Labute approximate surface area is 111 Å². The Bertz CT molecular complexity index is 564. The minimum atomic E-state index is 0.313. The number of para-hydroxylation sites is 1. The smallest absolute Gasteiger partial charge is 0.293 e. The first kappa shape index (κ1) is 13.1. The monoisotopic (exact) mass is 260 g/mol. The highest BCUT2D eigenvalue weighted by Crippen LogP contribution is 2.25. The van der Waals surface area contributed by atoms with Crippen molar-refractivity contribution in [3.05, 3.63) is 41.1 Å². The summed E-state index contributed by atoms with van der Waals surface area (Å²) in [6.45, 7) is 4.63. The van der Waals surface area contributed by atoms with Crippen molar-refractivity contribution in [2.45, 2.75) is 20.3 Å². The molecule has 0 saturated heterocycles. The Morgan fingerprint density at radius 1 is 1.37 bits per heavy atom. The van der Waals surface area contributed by atoms with Crippen LogP contribution in [0.4, 0.5) is 11.6 Å². The molecule has 0 aliphatic heterocycles. The predicted octanol–water partition coefficient (Wildman–Crippen LogP) is 2.75. The average molecular weight is 260 g/mol. The highest BCUT2D eigenvalue weighted by Gasteiger charge is 2.13. The molecule has 0 fully saturated rings. The van der Waals surface area contributed by atoms with Gasteiger partial charge in [-0.3, -0.25) is 4.79 Å². The number of hydrogen-bond donors (Lipinski definition) is 1. The largest absolute Gasteiger partial charge is 0.468 e. The van der Waals surface area contributed by atoms with E-state index < -0.39 is 0 Å². The summed E-state index contributed by atoms with van der Waals surface area (Å²) in [4.78, 5) is 10.2. The van der Waals surface area contributed by atoms with Gasteiger partial charge in [0.05, 0.1) is 12.3 Å². The Morgan fingerprint density at radius 2 is 2.16 bits per heavy atom. The van der Waals surface area contributed by atoms with E-state index in [9.17, 15) is 4.79 Å².